The summed E-state index contributed by atoms with van der Waals surface area (Å²) in [6, 6.07) is 0. The number of nitro groups is 1. The lowest BCUT2D eigenvalue weighted by Crippen LogP contribution is -2.33. The van der Waals surface area contributed by atoms with E-state index in [1.54, 1.807) is 0 Å². The van der Waals surface area contributed by atoms with Crippen molar-refractivity contribution < 1.29 is 25.0 Å². The molecule has 2 heterocycles. The predicted octanol–water partition coefficient (Wildman–Crippen LogP) is -1.60. The van der Waals surface area contributed by atoms with E-state index < -0.39 is 42.0 Å². The molecule has 1 aliphatic heterocycles. The molecule has 0 bridgehead atoms. The van der Waals surface area contributed by atoms with Crippen LogP contribution in [0.4, 0.5) is 5.95 Å². The van der Waals surface area contributed by atoms with E-state index in [4.69, 9.17) is 9.84 Å². The van der Waals surface area contributed by atoms with Crippen molar-refractivity contribution in [1.29, 1.82) is 0 Å². The zero-order valence-electron chi connectivity index (χ0n) is 8.58. The zero-order chi connectivity index (χ0) is 12.6. The van der Waals surface area contributed by atoms with E-state index in [0.29, 0.717) is 0 Å². The third kappa shape index (κ3) is 1.89. The van der Waals surface area contributed by atoms with Crippen LogP contribution in [0.1, 0.15) is 6.23 Å². The minimum atomic E-state index is -1.36. The molecule has 2 rings (SSSR count). The van der Waals surface area contributed by atoms with Crippen molar-refractivity contribution in [3.8, 4) is 0 Å². The largest absolute Gasteiger partial charge is 0.436 e. The maximum Gasteiger partial charge on any atom is 0.436 e. The third-order valence-electron chi connectivity index (χ3n) is 2.60. The molecule has 9 nitrogen and oxygen atoms in total. The molecule has 1 aliphatic rings. The summed E-state index contributed by atoms with van der Waals surface area (Å²) in [4.78, 5) is 13.4. The Bertz CT molecular complexity index is 421. The summed E-state index contributed by atoms with van der Waals surface area (Å²) in [6.07, 6.45) is -2.32. The average Bonchev–Trinajstić information content (AvgIpc) is 2.86. The van der Waals surface area contributed by atoms with Gasteiger partial charge < -0.3 is 30.2 Å². The Morgan fingerprint density at radius 3 is 2.76 bits per heavy atom. The fraction of sp³-hybridized carbons (Fsp3) is 0.625. The van der Waals surface area contributed by atoms with E-state index in [2.05, 4.69) is 4.98 Å². The quantitative estimate of drug-likeness (QED) is 0.431. The fourth-order valence-electron chi connectivity index (χ4n) is 1.76. The maximum absolute atomic E-state index is 10.7. The van der Waals surface area contributed by atoms with Gasteiger partial charge in [0, 0.05) is 0 Å². The van der Waals surface area contributed by atoms with Gasteiger partial charge in [0.05, 0.1) is 6.61 Å². The molecule has 1 aromatic heterocycles. The van der Waals surface area contributed by atoms with Crippen LogP contribution in [0.3, 0.4) is 0 Å². The number of aromatic nitrogens is 2. The number of imidazole rings is 1. The lowest BCUT2D eigenvalue weighted by atomic mass is 10.1. The molecule has 0 amide bonds. The molecule has 94 valence electrons. The van der Waals surface area contributed by atoms with Crippen molar-refractivity contribution in [2.45, 2.75) is 24.5 Å². The minimum absolute atomic E-state index is 0.489. The summed E-state index contributed by atoms with van der Waals surface area (Å²) < 4.78 is 6.14. The molecule has 0 aliphatic carbocycles. The number of ether oxygens (including phenoxy) is 1. The second-order valence-electron chi connectivity index (χ2n) is 3.62. The standard InChI is InChI=1S/C8H11N3O6/c12-3-4-5(13)6(14)7(17-4)10-2-1-9-8(10)11(15)16/h1-2,4-7,12-14H,3H2/t4-,5-,6+,7?/m1/s1. The third-order valence-corrected chi connectivity index (χ3v) is 2.60. The number of rotatable bonds is 3. The maximum atomic E-state index is 10.7. The number of aliphatic hydroxyl groups excluding tert-OH is 3. The Kier molecular flexibility index (Phi) is 3.07. The normalized spacial score (nSPS) is 32.9. The van der Waals surface area contributed by atoms with Crippen molar-refractivity contribution in [3.63, 3.8) is 0 Å². The first kappa shape index (κ1) is 11.9. The van der Waals surface area contributed by atoms with Crippen LogP contribution in [-0.2, 0) is 4.74 Å². The van der Waals surface area contributed by atoms with Crippen LogP contribution in [0.25, 0.3) is 0 Å². The first-order chi connectivity index (χ1) is 8.06. The molecule has 3 N–H and O–H groups in total. The van der Waals surface area contributed by atoms with Crippen LogP contribution in [-0.4, -0.2) is 54.7 Å². The molecule has 9 heteroatoms. The first-order valence-electron chi connectivity index (χ1n) is 4.86. The van der Waals surface area contributed by atoms with Crippen molar-refractivity contribution in [1.82, 2.24) is 9.55 Å². The molecular formula is C8H11N3O6. The monoisotopic (exact) mass is 245 g/mol. The van der Waals surface area contributed by atoms with Crippen LogP contribution in [0.2, 0.25) is 0 Å². The second-order valence-corrected chi connectivity index (χ2v) is 3.62. The van der Waals surface area contributed by atoms with Gasteiger partial charge in [-0.15, -0.1) is 0 Å². The smallest absolute Gasteiger partial charge is 0.394 e. The van der Waals surface area contributed by atoms with Crippen LogP contribution in [0, 0.1) is 10.1 Å². The van der Waals surface area contributed by atoms with Gasteiger partial charge in [-0.05, 0) is 4.92 Å². The van der Waals surface area contributed by atoms with Crippen molar-refractivity contribution in [3.05, 3.63) is 22.5 Å². The summed E-state index contributed by atoms with van der Waals surface area (Å²) in [5.41, 5.74) is 0. The van der Waals surface area contributed by atoms with Crippen molar-refractivity contribution in [2.75, 3.05) is 6.61 Å². The van der Waals surface area contributed by atoms with Gasteiger partial charge in [-0.3, -0.25) is 0 Å². The lowest BCUT2D eigenvalue weighted by molar-refractivity contribution is -0.398. The van der Waals surface area contributed by atoms with Crippen LogP contribution in [0.5, 0.6) is 0 Å². The Balaban J connectivity index is 2.29. The number of hydrogen-bond donors (Lipinski definition) is 3. The molecule has 1 saturated heterocycles. The van der Waals surface area contributed by atoms with E-state index >= 15 is 0 Å². The van der Waals surface area contributed by atoms with Crippen LogP contribution in [0.15, 0.2) is 12.4 Å². The van der Waals surface area contributed by atoms with E-state index in [0.717, 1.165) is 4.57 Å². The number of aliphatic hydroxyl groups is 3. The van der Waals surface area contributed by atoms with Gasteiger partial charge in [0.1, 0.15) is 30.7 Å². The number of hydrogen-bond acceptors (Lipinski definition) is 7. The molecule has 4 atom stereocenters. The summed E-state index contributed by atoms with van der Waals surface area (Å²) in [7, 11) is 0. The van der Waals surface area contributed by atoms with E-state index in [1.165, 1.54) is 12.4 Å². The van der Waals surface area contributed by atoms with Gasteiger partial charge in [0.25, 0.3) is 0 Å². The predicted molar refractivity (Wildman–Crippen MR) is 51.9 cm³/mol. The lowest BCUT2D eigenvalue weighted by Gasteiger charge is -2.13. The molecule has 0 radical (unpaired) electrons. The highest BCUT2D eigenvalue weighted by atomic mass is 16.6. The van der Waals surface area contributed by atoms with Gasteiger partial charge >= 0.3 is 5.95 Å². The van der Waals surface area contributed by atoms with Crippen LogP contribution >= 0.6 is 0 Å². The van der Waals surface area contributed by atoms with Gasteiger partial charge in [0.2, 0.25) is 6.23 Å². The van der Waals surface area contributed by atoms with Crippen LogP contribution < -0.4 is 0 Å². The highest BCUT2D eigenvalue weighted by molar-refractivity contribution is 5.09. The summed E-state index contributed by atoms with van der Waals surface area (Å²) in [5, 5.41) is 38.7. The molecule has 1 unspecified atom stereocenters. The molecular weight excluding hydrogens is 234 g/mol. The zero-order valence-corrected chi connectivity index (χ0v) is 8.58. The topological polar surface area (TPSA) is 131 Å². The molecule has 17 heavy (non-hydrogen) atoms. The van der Waals surface area contributed by atoms with E-state index in [-0.39, 0.29) is 0 Å². The van der Waals surface area contributed by atoms with Gasteiger partial charge in [-0.25, -0.2) is 0 Å². The highest BCUT2D eigenvalue weighted by Crippen LogP contribution is 2.31. The van der Waals surface area contributed by atoms with Gasteiger partial charge in [-0.1, -0.05) is 4.98 Å². The van der Waals surface area contributed by atoms with Crippen molar-refractivity contribution in [2.24, 2.45) is 0 Å². The van der Waals surface area contributed by atoms with E-state index in [9.17, 15) is 20.3 Å². The summed E-state index contributed by atoms with van der Waals surface area (Å²) >= 11 is 0. The Morgan fingerprint density at radius 2 is 2.24 bits per heavy atom. The summed E-state index contributed by atoms with van der Waals surface area (Å²) in [6.45, 7) is -0.489. The van der Waals surface area contributed by atoms with E-state index in [1.807, 2.05) is 0 Å². The SMILES string of the molecule is O=[N+]([O-])c1nccn1C1O[C@H](CO)[C@@H](O)[C@@H]1O. The molecule has 0 aromatic carbocycles. The Labute approximate surface area is 95.0 Å². The highest BCUT2D eigenvalue weighted by Gasteiger charge is 2.46. The Morgan fingerprint density at radius 1 is 1.53 bits per heavy atom. The fourth-order valence-corrected chi connectivity index (χ4v) is 1.76. The molecule has 0 saturated carbocycles. The van der Waals surface area contributed by atoms with Gasteiger partial charge in [-0.2, -0.15) is 4.57 Å². The average molecular weight is 245 g/mol. The molecule has 1 aromatic rings. The second kappa shape index (κ2) is 4.37. The number of nitrogens with zero attached hydrogens (tertiary/aromatic N) is 3. The Hall–Kier alpha value is -1.55. The van der Waals surface area contributed by atoms with Gasteiger partial charge in [0.15, 0.2) is 0 Å². The molecule has 1 fully saturated rings. The summed E-state index contributed by atoms with van der Waals surface area (Å²) in [5.74, 6) is -0.500. The minimum Gasteiger partial charge on any atom is -0.394 e. The van der Waals surface area contributed by atoms with Crippen molar-refractivity contribution >= 4 is 5.95 Å². The first-order valence-corrected chi connectivity index (χ1v) is 4.86. The molecule has 0 spiro atoms.